The number of aromatic nitrogens is 5. The first kappa shape index (κ1) is 31.1. The molecular weight excluding hydrogens is 564 g/mol. The van der Waals surface area contributed by atoms with Crippen molar-refractivity contribution in [1.82, 2.24) is 29.6 Å². The summed E-state index contributed by atoms with van der Waals surface area (Å²) in [4.78, 5) is 36.9. The maximum atomic E-state index is 12.1. The number of hydrogen-bond donors (Lipinski definition) is 3. The highest BCUT2D eigenvalue weighted by molar-refractivity contribution is 6.35. The van der Waals surface area contributed by atoms with E-state index in [0.717, 1.165) is 12.8 Å². The van der Waals surface area contributed by atoms with Crippen LogP contribution in [-0.4, -0.2) is 81.1 Å². The van der Waals surface area contributed by atoms with E-state index in [2.05, 4.69) is 52.7 Å². The molecule has 1 saturated heterocycles. The Morgan fingerprint density at radius 1 is 1.31 bits per heavy atom. The molecule has 1 unspecified atom stereocenters. The molecule has 3 aromatic rings. The molecule has 14 heteroatoms. The third-order valence-electron chi connectivity index (χ3n) is 7.35. The lowest BCUT2D eigenvalue weighted by Gasteiger charge is -2.31. The Morgan fingerprint density at radius 3 is 2.79 bits per heavy atom. The molecule has 13 nitrogen and oxygen atoms in total. The molecule has 3 aromatic heterocycles. The molecule has 2 amide bonds. The van der Waals surface area contributed by atoms with Crippen molar-refractivity contribution in [1.29, 1.82) is 0 Å². The van der Waals surface area contributed by atoms with Crippen LogP contribution in [0, 0.1) is 11.3 Å². The van der Waals surface area contributed by atoms with Crippen molar-refractivity contribution in [3.8, 4) is 5.88 Å². The van der Waals surface area contributed by atoms with Crippen LogP contribution in [0.2, 0.25) is 5.02 Å². The van der Waals surface area contributed by atoms with Gasteiger partial charge in [0.2, 0.25) is 17.7 Å². The maximum Gasteiger partial charge on any atom is 0.404 e. The number of unbranched alkanes of at least 4 members (excludes halogenated alkanes) is 1. The van der Waals surface area contributed by atoms with Crippen LogP contribution in [0.15, 0.2) is 31.2 Å². The fraction of sp³-hybridized carbons (Fsp3) is 0.536. The van der Waals surface area contributed by atoms with Gasteiger partial charge in [0, 0.05) is 38.5 Å². The van der Waals surface area contributed by atoms with Gasteiger partial charge >= 0.3 is 6.09 Å². The van der Waals surface area contributed by atoms with E-state index in [9.17, 15) is 9.59 Å². The highest BCUT2D eigenvalue weighted by atomic mass is 35.5. The molecule has 4 rings (SSSR count). The smallest absolute Gasteiger partial charge is 0.404 e. The number of anilines is 2. The van der Waals surface area contributed by atoms with Gasteiger partial charge in [-0.2, -0.15) is 15.1 Å². The van der Waals surface area contributed by atoms with Gasteiger partial charge in [0.15, 0.2) is 0 Å². The van der Waals surface area contributed by atoms with E-state index >= 15 is 0 Å². The van der Waals surface area contributed by atoms with Gasteiger partial charge in [0.25, 0.3) is 0 Å². The molecule has 0 saturated carbocycles. The first-order valence-electron chi connectivity index (χ1n) is 13.8. The van der Waals surface area contributed by atoms with Crippen LogP contribution in [0.3, 0.4) is 0 Å². The van der Waals surface area contributed by atoms with Crippen LogP contribution in [0.5, 0.6) is 5.88 Å². The summed E-state index contributed by atoms with van der Waals surface area (Å²) in [6, 6.07) is 0.0961. The minimum atomic E-state index is -0.759. The van der Waals surface area contributed by atoms with Gasteiger partial charge < -0.3 is 35.1 Å². The molecule has 0 bridgehead atoms. The van der Waals surface area contributed by atoms with E-state index in [1.165, 1.54) is 6.08 Å². The van der Waals surface area contributed by atoms with Gasteiger partial charge in [-0.15, -0.1) is 0 Å². The number of methoxy groups -OCH3 is 1. The van der Waals surface area contributed by atoms with Crippen molar-refractivity contribution in [2.75, 3.05) is 38.7 Å². The number of halogens is 1. The van der Waals surface area contributed by atoms with Crippen molar-refractivity contribution in [2.24, 2.45) is 17.1 Å². The fourth-order valence-electron chi connectivity index (χ4n) is 5.16. The Kier molecular flexibility index (Phi) is 9.94. The maximum absolute atomic E-state index is 12.1. The first-order valence-corrected chi connectivity index (χ1v) is 14.2. The molecule has 42 heavy (non-hydrogen) atoms. The van der Waals surface area contributed by atoms with E-state index in [4.69, 9.17) is 31.5 Å². The van der Waals surface area contributed by atoms with Gasteiger partial charge in [-0.25, -0.2) is 4.79 Å². The number of aromatic amines is 1. The summed E-state index contributed by atoms with van der Waals surface area (Å²) in [6.07, 6.45) is 8.03. The third kappa shape index (κ3) is 7.51. The molecule has 1 fully saturated rings. The zero-order valence-corrected chi connectivity index (χ0v) is 25.2. The number of likely N-dealkylation sites (tertiary alicyclic amines) is 1. The summed E-state index contributed by atoms with van der Waals surface area (Å²) in [7, 11) is 1.62. The van der Waals surface area contributed by atoms with E-state index in [-0.39, 0.29) is 36.0 Å². The average Bonchev–Trinajstić information content (AvgIpc) is 3.66. The molecule has 4 N–H and O–H groups in total. The minimum Gasteiger partial charge on any atom is -0.477 e. The van der Waals surface area contributed by atoms with Crippen LogP contribution in [0.4, 0.5) is 16.4 Å². The second-order valence-corrected chi connectivity index (χ2v) is 11.8. The second-order valence-electron chi connectivity index (χ2n) is 11.4. The lowest BCUT2D eigenvalue weighted by atomic mass is 9.84. The topological polar surface area (TPSA) is 163 Å². The number of ether oxygens (including phenoxy) is 3. The SMILES string of the molecule is C=CC(=O)N1C[C@H](COc2nc(Nc3cnn(C(CCCCOC(N)=O)C(C)(C)C)c3)nc3[nH]cc(Cl)c23)[C@@H](OC)C1. The molecule has 0 aliphatic carbocycles. The number of fused-ring (bicyclic) bond motifs is 1. The fourth-order valence-corrected chi connectivity index (χ4v) is 5.39. The summed E-state index contributed by atoms with van der Waals surface area (Å²) in [5.74, 6) is 0.420. The number of rotatable bonds is 13. The molecule has 0 aromatic carbocycles. The molecule has 228 valence electrons. The predicted molar refractivity (Wildman–Crippen MR) is 159 cm³/mol. The zero-order valence-electron chi connectivity index (χ0n) is 24.4. The molecule has 3 atom stereocenters. The Labute approximate surface area is 249 Å². The summed E-state index contributed by atoms with van der Waals surface area (Å²) in [5, 5.41) is 8.84. The van der Waals surface area contributed by atoms with Crippen LogP contribution in [-0.2, 0) is 14.3 Å². The van der Waals surface area contributed by atoms with E-state index in [1.54, 1.807) is 24.4 Å². The summed E-state index contributed by atoms with van der Waals surface area (Å²) in [5.41, 5.74) is 6.20. The van der Waals surface area contributed by atoms with Crippen molar-refractivity contribution in [3.05, 3.63) is 36.3 Å². The monoisotopic (exact) mass is 602 g/mol. The van der Waals surface area contributed by atoms with Gasteiger partial charge in [0.1, 0.15) is 5.65 Å². The molecule has 1 aliphatic heterocycles. The Hall–Kier alpha value is -3.84. The number of H-pyrrole nitrogens is 1. The van der Waals surface area contributed by atoms with Gasteiger partial charge in [-0.1, -0.05) is 39.0 Å². The summed E-state index contributed by atoms with van der Waals surface area (Å²) < 4.78 is 18.6. The lowest BCUT2D eigenvalue weighted by Crippen LogP contribution is -2.28. The van der Waals surface area contributed by atoms with Crippen molar-refractivity contribution >= 4 is 46.3 Å². The number of carbonyl (C=O) groups excluding carboxylic acids is 2. The largest absolute Gasteiger partial charge is 0.477 e. The molecular formula is C28H39ClN8O5. The third-order valence-corrected chi connectivity index (χ3v) is 7.65. The standard InChI is InChI=1S/C28H39ClN8O5/c1-6-22(38)36-13-17(20(15-36)40-5)16-42-25-23-19(29)12-31-24(23)34-27(35-25)33-18-11-32-37(14-18)21(28(2,3)4)9-7-8-10-41-26(30)39/h6,11-12,14,17,20-21H,1,7-10,13,15-16H2,2-5H3,(H2,30,39)(H2,31,33,34,35)/t17-,20+,21?/m1/s1. The Morgan fingerprint density at radius 2 is 2.10 bits per heavy atom. The highest BCUT2D eigenvalue weighted by Crippen LogP contribution is 2.36. The second kappa shape index (κ2) is 13.4. The summed E-state index contributed by atoms with van der Waals surface area (Å²) >= 11 is 6.44. The van der Waals surface area contributed by atoms with Crippen LogP contribution < -0.4 is 15.8 Å². The van der Waals surface area contributed by atoms with Crippen molar-refractivity contribution in [2.45, 2.75) is 52.2 Å². The number of nitrogens with one attached hydrogen (secondary N) is 2. The number of primary amides is 1. The predicted octanol–water partition coefficient (Wildman–Crippen LogP) is 4.44. The van der Waals surface area contributed by atoms with E-state index in [1.807, 2.05) is 10.9 Å². The van der Waals surface area contributed by atoms with E-state index in [0.29, 0.717) is 59.7 Å². The van der Waals surface area contributed by atoms with Crippen LogP contribution >= 0.6 is 11.6 Å². The van der Waals surface area contributed by atoms with Crippen LogP contribution in [0.25, 0.3) is 11.0 Å². The average molecular weight is 603 g/mol. The van der Waals surface area contributed by atoms with Crippen LogP contribution in [0.1, 0.15) is 46.1 Å². The Bertz CT molecular complexity index is 1400. The molecule has 0 radical (unpaired) electrons. The number of nitrogens with two attached hydrogens (primary N) is 1. The number of carbonyl (C=O) groups is 2. The number of amides is 2. The van der Waals surface area contributed by atoms with Crippen molar-refractivity contribution < 1.29 is 23.8 Å². The number of hydrogen-bond acceptors (Lipinski definition) is 9. The van der Waals surface area contributed by atoms with Gasteiger partial charge in [0.05, 0.1) is 47.7 Å². The first-order chi connectivity index (χ1) is 20.0. The lowest BCUT2D eigenvalue weighted by molar-refractivity contribution is -0.125. The molecule has 4 heterocycles. The molecule has 1 aliphatic rings. The quantitative estimate of drug-likeness (QED) is 0.189. The Balaban J connectivity index is 1.48. The summed E-state index contributed by atoms with van der Waals surface area (Å²) in [6.45, 7) is 11.6. The van der Waals surface area contributed by atoms with E-state index < -0.39 is 6.09 Å². The molecule has 0 spiro atoms. The van der Waals surface area contributed by atoms with Gasteiger partial charge in [-0.05, 0) is 30.8 Å². The zero-order chi connectivity index (χ0) is 30.4. The highest BCUT2D eigenvalue weighted by Gasteiger charge is 2.35. The van der Waals surface area contributed by atoms with Gasteiger partial charge in [-0.3, -0.25) is 9.48 Å². The number of nitrogens with zero attached hydrogens (tertiary/aromatic N) is 5. The minimum absolute atomic E-state index is 0.0621. The van der Waals surface area contributed by atoms with Crippen molar-refractivity contribution in [3.63, 3.8) is 0 Å². The normalized spacial score (nSPS) is 17.8.